The monoisotopic (exact) mass is 285 g/mol. The van der Waals surface area contributed by atoms with E-state index >= 15 is 0 Å². The van der Waals surface area contributed by atoms with Crippen LogP contribution in [0.3, 0.4) is 0 Å². The number of hydrogen-bond donors (Lipinski definition) is 2. The lowest BCUT2D eigenvalue weighted by Crippen LogP contribution is -2.64. The van der Waals surface area contributed by atoms with Gasteiger partial charge in [-0.3, -0.25) is 0 Å². The molecule has 0 aromatic heterocycles. The van der Waals surface area contributed by atoms with E-state index in [1.165, 1.54) is 11.1 Å². The summed E-state index contributed by atoms with van der Waals surface area (Å²) in [7, 11) is 2.19. The fourth-order valence-corrected chi connectivity index (χ4v) is 5.24. The van der Waals surface area contributed by atoms with Crippen molar-refractivity contribution in [3.05, 3.63) is 35.4 Å². The van der Waals surface area contributed by atoms with Crippen molar-refractivity contribution in [1.29, 1.82) is 0 Å². The van der Waals surface area contributed by atoms with E-state index in [-0.39, 0.29) is 17.3 Å². The highest BCUT2D eigenvalue weighted by atomic mass is 16.5. The molecule has 110 valence electrons. The summed E-state index contributed by atoms with van der Waals surface area (Å²) in [6.45, 7) is 1.01. The second-order valence-corrected chi connectivity index (χ2v) is 6.93. The van der Waals surface area contributed by atoms with Crippen LogP contribution in [0.2, 0.25) is 0 Å². The molecule has 1 saturated heterocycles. The molecule has 1 fully saturated rings. The van der Waals surface area contributed by atoms with Crippen LogP contribution in [0.4, 0.5) is 0 Å². The van der Waals surface area contributed by atoms with Crippen LogP contribution in [0.15, 0.2) is 24.3 Å². The molecule has 4 nitrogen and oxygen atoms in total. The number of nitrogens with zero attached hydrogens (tertiary/aromatic N) is 1. The molecule has 1 spiro atoms. The van der Waals surface area contributed by atoms with Crippen LogP contribution in [-0.2, 0) is 11.8 Å². The first-order valence-corrected chi connectivity index (χ1v) is 7.71. The SMILES string of the molecule is CN1CC[C@@]23c4c5ccc(O)c4OC2[C@H](O)C=C[C@@H]3[C@@H]1C5. The smallest absolute Gasteiger partial charge is 0.165 e. The molecule has 21 heavy (non-hydrogen) atoms. The number of aromatic hydroxyl groups is 1. The highest BCUT2D eigenvalue weighted by Gasteiger charge is 2.64. The highest BCUT2D eigenvalue weighted by molar-refractivity contribution is 5.61. The van der Waals surface area contributed by atoms with E-state index in [2.05, 4.69) is 18.0 Å². The van der Waals surface area contributed by atoms with E-state index in [9.17, 15) is 10.2 Å². The van der Waals surface area contributed by atoms with Crippen LogP contribution in [-0.4, -0.2) is 47.0 Å². The zero-order valence-corrected chi connectivity index (χ0v) is 12.0. The van der Waals surface area contributed by atoms with Gasteiger partial charge in [-0.05, 0) is 38.1 Å². The predicted octanol–water partition coefficient (Wildman–Crippen LogP) is 1.20. The van der Waals surface area contributed by atoms with Gasteiger partial charge in [0.15, 0.2) is 11.5 Å². The third-order valence-corrected chi connectivity index (χ3v) is 6.15. The lowest BCUT2D eigenvalue weighted by Gasteiger charge is -2.56. The molecule has 0 radical (unpaired) electrons. The number of aliphatic hydroxyl groups is 1. The zero-order valence-electron chi connectivity index (χ0n) is 12.0. The van der Waals surface area contributed by atoms with E-state index in [0.717, 1.165) is 19.4 Å². The van der Waals surface area contributed by atoms with Gasteiger partial charge in [0, 0.05) is 22.9 Å². The fraction of sp³-hybridized carbons (Fsp3) is 0.529. The second kappa shape index (κ2) is 3.62. The predicted molar refractivity (Wildman–Crippen MR) is 77.6 cm³/mol. The van der Waals surface area contributed by atoms with Crippen LogP contribution < -0.4 is 4.74 Å². The molecule has 5 atom stereocenters. The highest BCUT2D eigenvalue weighted by Crippen LogP contribution is 2.62. The minimum atomic E-state index is -0.594. The standard InChI is InChI=1S/C17H19NO3/c1-18-7-6-17-10-3-5-13(20)16(17)21-15-12(19)4-2-9(14(15)17)8-11(10)18/h2-5,10-11,13,16,19-20H,6-8H2,1H3/t10-,11+,13-,16?,17-/m1/s1. The van der Waals surface area contributed by atoms with Gasteiger partial charge < -0.3 is 19.8 Å². The van der Waals surface area contributed by atoms with Gasteiger partial charge in [0.1, 0.15) is 12.2 Å². The quantitative estimate of drug-likeness (QED) is 0.703. The summed E-state index contributed by atoms with van der Waals surface area (Å²) < 4.78 is 6.09. The van der Waals surface area contributed by atoms with Crippen LogP contribution in [0.5, 0.6) is 11.5 Å². The van der Waals surface area contributed by atoms with Gasteiger partial charge in [0.05, 0.1) is 0 Å². The first-order valence-electron chi connectivity index (χ1n) is 7.71. The summed E-state index contributed by atoms with van der Waals surface area (Å²) in [6, 6.07) is 4.23. The molecule has 4 heteroatoms. The topological polar surface area (TPSA) is 52.9 Å². The van der Waals surface area contributed by atoms with Gasteiger partial charge in [-0.2, -0.15) is 0 Å². The number of phenolic OH excluding ortho intramolecular Hbond substituents is 1. The summed E-state index contributed by atoms with van der Waals surface area (Å²) in [6.07, 6.45) is 5.18. The average Bonchev–Trinajstić information content (AvgIpc) is 2.83. The Balaban J connectivity index is 1.84. The average molecular weight is 285 g/mol. The number of likely N-dealkylation sites (tertiary alicyclic amines) is 1. The van der Waals surface area contributed by atoms with Gasteiger partial charge in [-0.25, -0.2) is 0 Å². The molecule has 2 heterocycles. The van der Waals surface area contributed by atoms with E-state index in [1.807, 2.05) is 12.1 Å². The van der Waals surface area contributed by atoms with Gasteiger partial charge in [-0.15, -0.1) is 0 Å². The normalized spacial score (nSPS) is 42.6. The molecule has 5 rings (SSSR count). The lowest BCUT2D eigenvalue weighted by atomic mass is 9.53. The van der Waals surface area contributed by atoms with Crippen LogP contribution in [0, 0.1) is 5.92 Å². The maximum absolute atomic E-state index is 10.4. The van der Waals surface area contributed by atoms with Gasteiger partial charge in [0.25, 0.3) is 0 Å². The Morgan fingerprint density at radius 3 is 3.05 bits per heavy atom. The molecular formula is C17H19NO3. The van der Waals surface area contributed by atoms with Crippen molar-refractivity contribution in [2.24, 2.45) is 5.92 Å². The molecule has 1 unspecified atom stereocenters. The summed E-state index contributed by atoms with van der Waals surface area (Å²) in [5.74, 6) is 1.19. The maximum Gasteiger partial charge on any atom is 0.165 e. The van der Waals surface area contributed by atoms with Crippen molar-refractivity contribution < 1.29 is 14.9 Å². The van der Waals surface area contributed by atoms with Gasteiger partial charge in [-0.1, -0.05) is 18.2 Å². The summed E-state index contributed by atoms with van der Waals surface area (Å²) >= 11 is 0. The van der Waals surface area contributed by atoms with Gasteiger partial charge in [0.2, 0.25) is 0 Å². The number of piperidine rings is 1. The first-order chi connectivity index (χ1) is 10.1. The Labute approximate surface area is 123 Å². The Morgan fingerprint density at radius 2 is 2.19 bits per heavy atom. The molecule has 4 aliphatic rings. The van der Waals surface area contributed by atoms with E-state index in [4.69, 9.17) is 4.74 Å². The van der Waals surface area contributed by atoms with Crippen LogP contribution >= 0.6 is 0 Å². The molecule has 2 bridgehead atoms. The van der Waals surface area contributed by atoms with Crippen molar-refractivity contribution in [2.45, 2.75) is 36.5 Å². The molecule has 2 N–H and O–H groups in total. The Kier molecular flexibility index (Phi) is 2.08. The number of phenols is 1. The summed E-state index contributed by atoms with van der Waals surface area (Å²) in [4.78, 5) is 2.43. The van der Waals surface area contributed by atoms with Crippen molar-refractivity contribution in [3.63, 3.8) is 0 Å². The number of hydrogen-bond acceptors (Lipinski definition) is 4. The molecule has 0 saturated carbocycles. The fourth-order valence-electron chi connectivity index (χ4n) is 5.24. The van der Waals surface area contributed by atoms with E-state index < -0.39 is 6.10 Å². The number of likely N-dealkylation sites (N-methyl/N-ethyl adjacent to an activating group) is 1. The largest absolute Gasteiger partial charge is 0.504 e. The summed E-state index contributed by atoms with van der Waals surface area (Å²) in [5, 5.41) is 20.6. The number of benzene rings is 1. The molecule has 0 amide bonds. The molecule has 2 aliphatic carbocycles. The van der Waals surface area contributed by atoms with E-state index in [0.29, 0.717) is 17.7 Å². The molecule has 1 aromatic carbocycles. The van der Waals surface area contributed by atoms with Crippen LogP contribution in [0.25, 0.3) is 0 Å². The Bertz CT molecular complexity index is 670. The van der Waals surface area contributed by atoms with Gasteiger partial charge >= 0.3 is 0 Å². The van der Waals surface area contributed by atoms with Crippen LogP contribution in [0.1, 0.15) is 17.5 Å². The minimum Gasteiger partial charge on any atom is -0.504 e. The number of ether oxygens (including phenoxy) is 1. The zero-order chi connectivity index (χ0) is 14.4. The van der Waals surface area contributed by atoms with Crippen molar-refractivity contribution in [1.82, 2.24) is 4.90 Å². The van der Waals surface area contributed by atoms with Crippen molar-refractivity contribution >= 4 is 0 Å². The Morgan fingerprint density at radius 1 is 1.33 bits per heavy atom. The molecule has 1 aromatic rings. The molecular weight excluding hydrogens is 266 g/mol. The van der Waals surface area contributed by atoms with E-state index in [1.54, 1.807) is 6.07 Å². The third kappa shape index (κ3) is 1.21. The summed E-state index contributed by atoms with van der Waals surface area (Å²) in [5.41, 5.74) is 2.29. The number of aliphatic hydroxyl groups excluding tert-OH is 1. The molecule has 2 aliphatic heterocycles. The second-order valence-electron chi connectivity index (χ2n) is 6.93. The third-order valence-electron chi connectivity index (χ3n) is 6.15. The first kappa shape index (κ1) is 12.1. The van der Waals surface area contributed by atoms with Crippen molar-refractivity contribution in [3.8, 4) is 11.5 Å². The Hall–Kier alpha value is -1.52. The van der Waals surface area contributed by atoms with Crippen molar-refractivity contribution in [2.75, 3.05) is 13.6 Å². The lowest BCUT2D eigenvalue weighted by molar-refractivity contribution is -0.0453. The number of rotatable bonds is 0. The minimum absolute atomic E-state index is 0.160. The maximum atomic E-state index is 10.4.